The van der Waals surface area contributed by atoms with E-state index in [4.69, 9.17) is 5.73 Å². The van der Waals surface area contributed by atoms with Gasteiger partial charge in [0.25, 0.3) is 0 Å². The molecule has 0 unspecified atom stereocenters. The van der Waals surface area contributed by atoms with Crippen molar-refractivity contribution in [1.82, 2.24) is 0 Å². The van der Waals surface area contributed by atoms with Crippen molar-refractivity contribution < 1.29 is 30.7 Å². The molecule has 20 heavy (non-hydrogen) atoms. The van der Waals surface area contributed by atoms with E-state index in [9.17, 15) is 30.7 Å². The molecule has 1 atom stereocenters. The Labute approximate surface area is 116 Å². The van der Waals surface area contributed by atoms with Gasteiger partial charge in [-0.3, -0.25) is 0 Å². The Morgan fingerprint density at radius 2 is 1.60 bits per heavy atom. The molecule has 1 nitrogen and oxygen atoms in total. The van der Waals surface area contributed by atoms with Crippen LogP contribution >= 0.6 is 12.4 Å². The van der Waals surface area contributed by atoms with E-state index in [0.29, 0.717) is 0 Å². The number of halogens is 8. The fourth-order valence-electron chi connectivity index (χ4n) is 1.57. The van der Waals surface area contributed by atoms with Crippen LogP contribution < -0.4 is 5.73 Å². The Hall–Kier alpha value is -1.02. The third-order valence-corrected chi connectivity index (χ3v) is 2.46. The highest BCUT2D eigenvalue weighted by atomic mass is 35.5. The molecule has 0 heterocycles. The summed E-state index contributed by atoms with van der Waals surface area (Å²) >= 11 is 0. The lowest BCUT2D eigenvalue weighted by atomic mass is 9.97. The standard InChI is InChI=1S/C11H10F7N.ClH/c12-6-1-2-7(8(5-6)11(16,17)18)9(19)3-4-10(13,14)15;/h1-2,5,9H,3-4,19H2;1H/t9-;/m1./s1. The van der Waals surface area contributed by atoms with E-state index in [1.54, 1.807) is 0 Å². The lowest BCUT2D eigenvalue weighted by Crippen LogP contribution is -2.20. The number of hydrogen-bond acceptors (Lipinski definition) is 1. The number of alkyl halides is 6. The number of nitrogens with two attached hydrogens (primary N) is 1. The van der Waals surface area contributed by atoms with Crippen LogP contribution in [0.25, 0.3) is 0 Å². The fourth-order valence-corrected chi connectivity index (χ4v) is 1.57. The summed E-state index contributed by atoms with van der Waals surface area (Å²) in [7, 11) is 0. The van der Waals surface area contributed by atoms with Crippen molar-refractivity contribution in [2.24, 2.45) is 5.73 Å². The first-order valence-corrected chi connectivity index (χ1v) is 5.19. The molecule has 0 saturated carbocycles. The van der Waals surface area contributed by atoms with Crippen LogP contribution in [-0.4, -0.2) is 6.18 Å². The summed E-state index contributed by atoms with van der Waals surface area (Å²) in [5.74, 6) is -1.13. The Morgan fingerprint density at radius 1 is 1.05 bits per heavy atom. The van der Waals surface area contributed by atoms with E-state index in [1.165, 1.54) is 0 Å². The minimum atomic E-state index is -4.87. The molecular weight excluding hydrogens is 315 g/mol. The maximum Gasteiger partial charge on any atom is 0.416 e. The molecule has 0 aliphatic heterocycles. The summed E-state index contributed by atoms with van der Waals surface area (Å²) < 4.78 is 86.6. The van der Waals surface area contributed by atoms with Gasteiger partial charge in [-0.1, -0.05) is 6.07 Å². The molecule has 0 saturated heterocycles. The molecule has 0 fully saturated rings. The normalized spacial score (nSPS) is 13.8. The Morgan fingerprint density at radius 3 is 2.05 bits per heavy atom. The van der Waals surface area contributed by atoms with E-state index in [0.717, 1.165) is 12.1 Å². The second-order valence-corrected chi connectivity index (χ2v) is 3.99. The maximum atomic E-state index is 12.8. The van der Waals surface area contributed by atoms with Crippen molar-refractivity contribution in [2.75, 3.05) is 0 Å². The van der Waals surface area contributed by atoms with Gasteiger partial charge in [-0.15, -0.1) is 12.4 Å². The second kappa shape index (κ2) is 6.62. The van der Waals surface area contributed by atoms with E-state index in [1.807, 2.05) is 0 Å². The molecule has 1 aromatic carbocycles. The molecule has 0 spiro atoms. The molecule has 116 valence electrons. The van der Waals surface area contributed by atoms with Crippen molar-refractivity contribution in [3.05, 3.63) is 35.1 Å². The largest absolute Gasteiger partial charge is 0.416 e. The van der Waals surface area contributed by atoms with Crippen LogP contribution in [0.4, 0.5) is 30.7 Å². The first-order chi connectivity index (χ1) is 8.50. The van der Waals surface area contributed by atoms with Gasteiger partial charge in [-0.05, 0) is 24.1 Å². The van der Waals surface area contributed by atoms with Gasteiger partial charge >= 0.3 is 12.4 Å². The molecule has 0 aliphatic carbocycles. The quantitative estimate of drug-likeness (QED) is 0.807. The molecule has 0 bridgehead atoms. The van der Waals surface area contributed by atoms with Crippen molar-refractivity contribution in [3.8, 4) is 0 Å². The van der Waals surface area contributed by atoms with Crippen LogP contribution in [0.1, 0.15) is 30.0 Å². The van der Waals surface area contributed by atoms with Gasteiger partial charge in [-0.2, -0.15) is 26.3 Å². The third kappa shape index (κ3) is 5.54. The summed E-state index contributed by atoms with van der Waals surface area (Å²) in [5, 5.41) is 0. The summed E-state index contributed by atoms with van der Waals surface area (Å²) in [6.45, 7) is 0. The minimum Gasteiger partial charge on any atom is -0.324 e. The highest BCUT2D eigenvalue weighted by Crippen LogP contribution is 2.36. The average molecular weight is 326 g/mol. The molecule has 0 amide bonds. The van der Waals surface area contributed by atoms with Crippen LogP contribution in [0.3, 0.4) is 0 Å². The number of benzene rings is 1. The van der Waals surface area contributed by atoms with E-state index >= 15 is 0 Å². The SMILES string of the molecule is Cl.N[C@H](CCC(F)(F)F)c1ccc(F)cc1C(F)(F)F. The molecule has 1 rings (SSSR count). The Balaban J connectivity index is 0.00000361. The zero-order valence-corrected chi connectivity index (χ0v) is 10.7. The summed E-state index contributed by atoms with van der Waals surface area (Å²) in [6.07, 6.45) is -11.4. The van der Waals surface area contributed by atoms with Gasteiger partial charge in [0.2, 0.25) is 0 Å². The Bertz CT molecular complexity index is 441. The topological polar surface area (TPSA) is 26.0 Å². The third-order valence-electron chi connectivity index (χ3n) is 2.46. The van der Waals surface area contributed by atoms with Gasteiger partial charge in [0.1, 0.15) is 5.82 Å². The zero-order valence-electron chi connectivity index (χ0n) is 9.85. The smallest absolute Gasteiger partial charge is 0.324 e. The highest BCUT2D eigenvalue weighted by Gasteiger charge is 2.36. The molecule has 0 aromatic heterocycles. The van der Waals surface area contributed by atoms with Gasteiger partial charge in [-0.25, -0.2) is 4.39 Å². The monoisotopic (exact) mass is 325 g/mol. The Kier molecular flexibility index (Phi) is 6.28. The van der Waals surface area contributed by atoms with Crippen LogP contribution in [0.15, 0.2) is 18.2 Å². The molecule has 2 N–H and O–H groups in total. The van der Waals surface area contributed by atoms with Gasteiger partial charge in [0.15, 0.2) is 0 Å². The van der Waals surface area contributed by atoms with E-state index < -0.39 is 48.2 Å². The highest BCUT2D eigenvalue weighted by molar-refractivity contribution is 5.85. The molecular formula is C11H11ClF7N. The summed E-state index contributed by atoms with van der Waals surface area (Å²) in [6, 6.07) is 0.263. The van der Waals surface area contributed by atoms with Gasteiger partial charge in [0.05, 0.1) is 5.56 Å². The predicted molar refractivity (Wildman–Crippen MR) is 60.9 cm³/mol. The van der Waals surface area contributed by atoms with Crippen molar-refractivity contribution >= 4 is 12.4 Å². The minimum absolute atomic E-state index is 0. The zero-order chi connectivity index (χ0) is 14.8. The predicted octanol–water partition coefficient (Wildman–Crippen LogP) is 4.61. The molecule has 9 heteroatoms. The lowest BCUT2D eigenvalue weighted by molar-refractivity contribution is -0.139. The molecule has 1 aromatic rings. The number of rotatable bonds is 3. The maximum absolute atomic E-state index is 12.8. The van der Waals surface area contributed by atoms with Crippen LogP contribution in [0, 0.1) is 5.82 Å². The second-order valence-electron chi connectivity index (χ2n) is 3.99. The van der Waals surface area contributed by atoms with Crippen molar-refractivity contribution in [3.63, 3.8) is 0 Å². The lowest BCUT2D eigenvalue weighted by Gasteiger charge is -2.19. The molecule has 0 aliphatic rings. The van der Waals surface area contributed by atoms with Crippen molar-refractivity contribution in [1.29, 1.82) is 0 Å². The first-order valence-electron chi connectivity index (χ1n) is 5.19. The van der Waals surface area contributed by atoms with Gasteiger partial charge in [0, 0.05) is 12.5 Å². The van der Waals surface area contributed by atoms with E-state index in [-0.39, 0.29) is 18.5 Å². The fraction of sp³-hybridized carbons (Fsp3) is 0.455. The van der Waals surface area contributed by atoms with Crippen LogP contribution in [-0.2, 0) is 6.18 Å². The number of hydrogen-bond donors (Lipinski definition) is 1. The summed E-state index contributed by atoms with van der Waals surface area (Å²) in [4.78, 5) is 0. The van der Waals surface area contributed by atoms with Crippen LogP contribution in [0.5, 0.6) is 0 Å². The average Bonchev–Trinajstić information content (AvgIpc) is 2.23. The molecule has 0 radical (unpaired) electrons. The first kappa shape index (κ1) is 19.0. The van der Waals surface area contributed by atoms with Gasteiger partial charge < -0.3 is 5.73 Å². The van der Waals surface area contributed by atoms with Crippen molar-refractivity contribution in [2.45, 2.75) is 31.2 Å². The van der Waals surface area contributed by atoms with E-state index in [2.05, 4.69) is 0 Å². The van der Waals surface area contributed by atoms with Crippen LogP contribution in [0.2, 0.25) is 0 Å². The summed E-state index contributed by atoms with van der Waals surface area (Å²) in [5.41, 5.74) is 3.44.